The van der Waals surface area contributed by atoms with E-state index >= 15 is 0 Å². The average molecular weight is 573 g/mol. The molecule has 0 nitrogen and oxygen atoms in total. The Labute approximate surface area is 245 Å². The molecule has 10 radical (unpaired) electrons. The first-order chi connectivity index (χ1) is 14.3. The molecule has 0 aromatic rings. The second-order valence-corrected chi connectivity index (χ2v) is 21.8. The van der Waals surface area contributed by atoms with Gasteiger partial charge in [0.25, 0.3) is 0 Å². The molecule has 2 aliphatic carbocycles. The van der Waals surface area contributed by atoms with Gasteiger partial charge in [-0.25, -0.2) is 0 Å². The van der Waals surface area contributed by atoms with Crippen LogP contribution < -0.4 is 0 Å². The Morgan fingerprint density at radius 3 is 0.794 bits per heavy atom. The molecule has 0 saturated heterocycles. The van der Waals surface area contributed by atoms with E-state index in [-0.39, 0.29) is 49.6 Å². The normalized spacial score (nSPS) is 15.9. The van der Waals surface area contributed by atoms with Crippen molar-refractivity contribution in [2.45, 2.75) is 80.8 Å². The molecule has 0 aliphatic heterocycles. The van der Waals surface area contributed by atoms with Crippen LogP contribution in [0.25, 0.3) is 0 Å². The van der Waals surface area contributed by atoms with Crippen LogP contribution in [0, 0.1) is 111 Å². The minimum Gasteiger partial charge on any atom is -0.697 e. The van der Waals surface area contributed by atoms with Crippen molar-refractivity contribution in [3.63, 3.8) is 0 Å². The molecule has 186 valence electrons. The first kappa shape index (κ1) is 44.3. The van der Waals surface area contributed by atoms with Crippen LogP contribution >= 0.6 is 0 Å². The maximum Gasteiger partial charge on any atom is 4.00 e. The molecular weight excluding hydrogens is 528 g/mol. The summed E-state index contributed by atoms with van der Waals surface area (Å²) < 4.78 is 0. The summed E-state index contributed by atoms with van der Waals surface area (Å²) in [4.78, 5) is 0. The molecule has 0 spiro atoms. The van der Waals surface area contributed by atoms with Gasteiger partial charge in [-0.3, -0.25) is 0 Å². The maximum absolute atomic E-state index is 6.60. The summed E-state index contributed by atoms with van der Waals surface area (Å²) in [6.45, 7) is 25.8. The topological polar surface area (TPSA) is 0 Å². The van der Waals surface area contributed by atoms with Crippen LogP contribution in [-0.2, 0) is 38.8 Å². The van der Waals surface area contributed by atoms with E-state index in [1.54, 1.807) is 11.1 Å². The Morgan fingerprint density at radius 2 is 0.735 bits per heavy atom. The maximum atomic E-state index is 6.60. The Morgan fingerprint density at radius 1 is 0.588 bits per heavy atom. The van der Waals surface area contributed by atoms with Crippen molar-refractivity contribution in [3.8, 4) is 18.3 Å². The smallest absolute Gasteiger partial charge is 0.697 e. The van der Waals surface area contributed by atoms with Crippen molar-refractivity contribution >= 4 is 16.1 Å². The molecule has 34 heavy (non-hydrogen) atoms. The fourth-order valence-corrected chi connectivity index (χ4v) is 4.13. The summed E-state index contributed by atoms with van der Waals surface area (Å²) in [5, 5.41) is 0. The minimum atomic E-state index is -0.981. The van der Waals surface area contributed by atoms with Gasteiger partial charge < -0.3 is 37.5 Å². The number of terminal acetylenes is 1. The molecule has 0 atom stereocenters. The average Bonchev–Trinajstić information content (AvgIpc) is 3.36. The molecule has 0 amide bonds. The summed E-state index contributed by atoms with van der Waals surface area (Å²) in [7, 11) is -1.96. The van der Waals surface area contributed by atoms with Gasteiger partial charge in [-0.2, -0.15) is 0 Å². The largest absolute Gasteiger partial charge is 4.00 e. The monoisotopic (exact) mass is 572 g/mol. The van der Waals surface area contributed by atoms with Crippen molar-refractivity contribution < 1.29 is 38.8 Å². The van der Waals surface area contributed by atoms with Gasteiger partial charge in [0.1, 0.15) is 0 Å². The van der Waals surface area contributed by atoms with Crippen LogP contribution in [0.5, 0.6) is 0 Å². The van der Waals surface area contributed by atoms with Crippen molar-refractivity contribution in [1.29, 1.82) is 0 Å². The van der Waals surface area contributed by atoms with E-state index in [1.807, 2.05) is 41.5 Å². The number of hydrogen-bond acceptors (Lipinski definition) is 0. The fraction of sp³-hybridized carbons (Fsp3) is 0.467. The van der Waals surface area contributed by atoms with Gasteiger partial charge >= 0.3 is 38.8 Å². The number of hydrogen-bond donors (Lipinski definition) is 0. The van der Waals surface area contributed by atoms with Crippen LogP contribution in [0.3, 0.4) is 0 Å². The van der Waals surface area contributed by atoms with Crippen LogP contribution in [-0.4, -0.2) is 16.1 Å². The molecular formula is C30H45CuSi2Ti+2. The molecule has 0 heterocycles. The summed E-state index contributed by atoms with van der Waals surface area (Å²) in [5.41, 5.74) is 3.03. The third-order valence-corrected chi connectivity index (χ3v) is 7.94. The van der Waals surface area contributed by atoms with Crippen molar-refractivity contribution in [3.05, 3.63) is 81.7 Å². The third kappa shape index (κ3) is 30.4. The van der Waals surface area contributed by atoms with E-state index in [4.69, 9.17) is 19.3 Å². The zero-order chi connectivity index (χ0) is 26.2. The fourth-order valence-electron chi connectivity index (χ4n) is 1.75. The van der Waals surface area contributed by atoms with Gasteiger partial charge in [-0.1, -0.05) is 80.8 Å². The van der Waals surface area contributed by atoms with Crippen molar-refractivity contribution in [1.82, 2.24) is 0 Å². The zero-order valence-corrected chi connectivity index (χ0v) is 28.0. The molecule has 2 saturated carbocycles. The SMILES string of the molecule is C[Si](C)(C)[C]1[CH][CH][CH][CH]1.C[Si](C)(C)[C]1[CH][CH][CH][CH]1.[C-]#C.[C-]#CC(C)(C)C.[C-]#CC(C)(C)C.[Cu+].[Ti+4]. The van der Waals surface area contributed by atoms with Gasteiger partial charge in [-0.05, 0) is 73.3 Å². The Bertz CT molecular complexity index is 507. The van der Waals surface area contributed by atoms with Gasteiger partial charge in [0, 0.05) is 0 Å². The Hall–Kier alpha value is 0.348. The third-order valence-electron chi connectivity index (χ3n) is 3.81. The van der Waals surface area contributed by atoms with Crippen molar-refractivity contribution in [2.75, 3.05) is 0 Å². The molecule has 0 unspecified atom stereocenters. The molecule has 0 N–H and O–H groups in total. The Kier molecular flexibility index (Phi) is 28.0. The van der Waals surface area contributed by atoms with E-state index in [1.165, 1.54) is 0 Å². The standard InChI is InChI=1S/2C8H13Si.2C6H9.C2H.Cu.Ti/c2*1-9(2,3)8-6-4-5-7-8;2*1-5-6(2,3)4;1-2;;/h2*4-7H,1-3H3;2*2-4H3;1H;;/q;;3*-1;+1;+4. The summed E-state index contributed by atoms with van der Waals surface area (Å²) in [6, 6.07) is 0. The van der Waals surface area contributed by atoms with Gasteiger partial charge in [0.2, 0.25) is 0 Å². The van der Waals surface area contributed by atoms with E-state index in [2.05, 4.69) is 109 Å². The van der Waals surface area contributed by atoms with Crippen molar-refractivity contribution in [2.24, 2.45) is 10.8 Å². The van der Waals surface area contributed by atoms with Gasteiger partial charge in [0.15, 0.2) is 0 Å². The quantitative estimate of drug-likeness (QED) is 0.179. The first-order valence-corrected chi connectivity index (χ1v) is 17.9. The summed E-state index contributed by atoms with van der Waals surface area (Å²) in [6.07, 6.45) is 39.6. The van der Waals surface area contributed by atoms with Crippen LogP contribution in [0.15, 0.2) is 0 Å². The van der Waals surface area contributed by atoms with Crippen LogP contribution in [0.4, 0.5) is 0 Å². The first-order valence-electron chi connectivity index (χ1n) is 10.9. The van der Waals surface area contributed by atoms with Gasteiger partial charge in [-0.15, -0.1) is 0 Å². The van der Waals surface area contributed by atoms with E-state index in [9.17, 15) is 0 Å². The summed E-state index contributed by atoms with van der Waals surface area (Å²) >= 11 is 0. The molecule has 0 aromatic carbocycles. The molecule has 2 aliphatic rings. The van der Waals surface area contributed by atoms with Gasteiger partial charge in [0.05, 0.1) is 16.1 Å². The predicted octanol–water partition coefficient (Wildman–Crippen LogP) is 7.98. The van der Waals surface area contributed by atoms with E-state index in [0.717, 1.165) is 0 Å². The minimum absolute atomic E-state index is 0. The van der Waals surface area contributed by atoms with E-state index in [0.29, 0.717) is 0 Å². The predicted molar refractivity (Wildman–Crippen MR) is 149 cm³/mol. The molecule has 4 heteroatoms. The number of rotatable bonds is 2. The molecule has 0 aromatic heterocycles. The summed E-state index contributed by atoms with van der Waals surface area (Å²) in [5.74, 6) is 4.71. The second-order valence-electron chi connectivity index (χ2n) is 11.6. The Balaban J connectivity index is -0.000000107. The van der Waals surface area contributed by atoms with Crippen LogP contribution in [0.2, 0.25) is 39.3 Å². The molecule has 2 fully saturated rings. The second kappa shape index (κ2) is 21.4. The molecule has 0 bridgehead atoms. The molecule has 2 rings (SSSR count). The van der Waals surface area contributed by atoms with E-state index < -0.39 is 16.1 Å². The zero-order valence-electron chi connectivity index (χ0n) is 23.5. The van der Waals surface area contributed by atoms with Crippen LogP contribution in [0.1, 0.15) is 41.5 Å².